The van der Waals surface area contributed by atoms with E-state index < -0.39 is 17.7 Å². The van der Waals surface area contributed by atoms with Gasteiger partial charge >= 0.3 is 5.97 Å². The molecule has 0 saturated carbocycles. The fraction of sp³-hybridized carbons (Fsp3) is 0.400. The van der Waals surface area contributed by atoms with Gasteiger partial charge < -0.3 is 14.2 Å². The Morgan fingerprint density at radius 2 is 1.96 bits per heavy atom. The van der Waals surface area contributed by atoms with Crippen LogP contribution in [0.5, 0.6) is 0 Å². The van der Waals surface area contributed by atoms with Crippen molar-refractivity contribution < 1.29 is 23.8 Å². The molecule has 0 fully saturated rings. The van der Waals surface area contributed by atoms with Gasteiger partial charge in [-0.2, -0.15) is 0 Å². The molecular formula is C20H21BrO5. The second-order valence-electron chi connectivity index (χ2n) is 6.19. The van der Waals surface area contributed by atoms with Crippen LogP contribution in [-0.4, -0.2) is 30.8 Å². The maximum absolute atomic E-state index is 12.8. The van der Waals surface area contributed by atoms with Crippen molar-refractivity contribution in [1.82, 2.24) is 0 Å². The summed E-state index contributed by atoms with van der Waals surface area (Å²) in [6.07, 6.45) is 5.80. The Labute approximate surface area is 161 Å². The Kier molecular flexibility index (Phi) is 5.75. The van der Waals surface area contributed by atoms with Crippen molar-refractivity contribution >= 4 is 27.7 Å². The number of esters is 1. The molecule has 0 heterocycles. The third-order valence-electron chi connectivity index (χ3n) is 4.51. The molecule has 1 aromatic carbocycles. The van der Waals surface area contributed by atoms with Gasteiger partial charge in [0.15, 0.2) is 11.5 Å². The second-order valence-corrected chi connectivity index (χ2v) is 7.11. The Balaban J connectivity index is 1.89. The van der Waals surface area contributed by atoms with Crippen LogP contribution >= 0.6 is 15.9 Å². The number of fused-ring (bicyclic) bond motifs is 2. The normalized spacial score (nSPS) is 23.5. The van der Waals surface area contributed by atoms with E-state index in [0.29, 0.717) is 25.2 Å². The van der Waals surface area contributed by atoms with Crippen LogP contribution in [0.3, 0.4) is 0 Å². The summed E-state index contributed by atoms with van der Waals surface area (Å²) in [5.74, 6) is -2.37. The fourth-order valence-electron chi connectivity index (χ4n) is 3.40. The van der Waals surface area contributed by atoms with Crippen LogP contribution in [0, 0.1) is 11.8 Å². The van der Waals surface area contributed by atoms with E-state index in [-0.39, 0.29) is 17.5 Å². The number of allylic oxidation sites excluding steroid dienone is 2. The van der Waals surface area contributed by atoms with Crippen molar-refractivity contribution in [2.24, 2.45) is 11.8 Å². The van der Waals surface area contributed by atoms with Crippen molar-refractivity contribution in [2.75, 3.05) is 13.2 Å². The maximum atomic E-state index is 12.8. The number of ether oxygens (including phenoxy) is 3. The van der Waals surface area contributed by atoms with Gasteiger partial charge in [0.2, 0.25) is 5.78 Å². The van der Waals surface area contributed by atoms with Crippen LogP contribution < -0.4 is 0 Å². The predicted octanol–water partition coefficient (Wildman–Crippen LogP) is 4.03. The molecule has 0 radical (unpaired) electrons. The summed E-state index contributed by atoms with van der Waals surface area (Å²) < 4.78 is 18.0. The molecule has 4 rings (SSSR count). The van der Waals surface area contributed by atoms with Gasteiger partial charge in [0, 0.05) is 30.0 Å². The quantitative estimate of drug-likeness (QED) is 0.394. The standard InChI is InChI=1S/C20H21BrO5/c1-3-24-20(25-4-2)12-14-8-9-15(20)11-17(18(14)22)26-19(23)13-6-5-7-16(21)10-13/h5-11,14-15H,3-4,12H2,1-2H3. The number of halogens is 1. The first kappa shape index (κ1) is 19.0. The topological polar surface area (TPSA) is 61.8 Å². The zero-order chi connectivity index (χ0) is 18.7. The van der Waals surface area contributed by atoms with Gasteiger partial charge in [0.1, 0.15) is 0 Å². The molecule has 6 heteroatoms. The highest BCUT2D eigenvalue weighted by Gasteiger charge is 2.48. The van der Waals surface area contributed by atoms with Gasteiger partial charge in [0.05, 0.1) is 11.5 Å². The highest BCUT2D eigenvalue weighted by atomic mass is 79.9. The second kappa shape index (κ2) is 7.86. The molecule has 0 saturated heterocycles. The molecule has 0 aliphatic heterocycles. The summed E-state index contributed by atoms with van der Waals surface area (Å²) in [4.78, 5) is 25.3. The molecule has 2 bridgehead atoms. The largest absolute Gasteiger partial charge is 0.419 e. The number of rotatable bonds is 6. The Morgan fingerprint density at radius 1 is 1.23 bits per heavy atom. The number of benzene rings is 1. The third kappa shape index (κ3) is 3.68. The van der Waals surface area contributed by atoms with Crippen molar-refractivity contribution in [3.63, 3.8) is 0 Å². The summed E-state index contributed by atoms with van der Waals surface area (Å²) in [5, 5.41) is 0. The molecule has 2 unspecified atom stereocenters. The van der Waals surface area contributed by atoms with Gasteiger partial charge in [-0.3, -0.25) is 4.79 Å². The minimum absolute atomic E-state index is 0.0521. The number of Topliss-reactive ketones (excluding diaryl/α,β-unsaturated/α-hetero) is 1. The molecule has 1 aromatic rings. The molecule has 2 atom stereocenters. The molecule has 3 aliphatic carbocycles. The first-order valence-electron chi connectivity index (χ1n) is 8.69. The van der Waals surface area contributed by atoms with Crippen LogP contribution in [0.15, 0.2) is 52.7 Å². The van der Waals surface area contributed by atoms with E-state index in [1.165, 1.54) is 0 Å². The highest BCUT2D eigenvalue weighted by molar-refractivity contribution is 9.10. The number of hydrogen-bond donors (Lipinski definition) is 0. The molecule has 0 spiro atoms. The molecule has 0 amide bonds. The van der Waals surface area contributed by atoms with Gasteiger partial charge in [-0.25, -0.2) is 4.79 Å². The summed E-state index contributed by atoms with van der Waals surface area (Å²) in [6.45, 7) is 4.71. The van der Waals surface area contributed by atoms with Crippen LogP contribution in [-0.2, 0) is 19.0 Å². The van der Waals surface area contributed by atoms with Crippen molar-refractivity contribution in [3.8, 4) is 0 Å². The van der Waals surface area contributed by atoms with E-state index >= 15 is 0 Å². The van der Waals surface area contributed by atoms with Gasteiger partial charge in [0.25, 0.3) is 0 Å². The van der Waals surface area contributed by atoms with Crippen molar-refractivity contribution in [2.45, 2.75) is 26.1 Å². The maximum Gasteiger partial charge on any atom is 0.343 e. The van der Waals surface area contributed by atoms with E-state index in [0.717, 1.165) is 4.47 Å². The average Bonchev–Trinajstić information content (AvgIpc) is 2.82. The lowest BCUT2D eigenvalue weighted by Gasteiger charge is -2.40. The first-order chi connectivity index (χ1) is 12.5. The summed E-state index contributed by atoms with van der Waals surface area (Å²) >= 11 is 3.33. The van der Waals surface area contributed by atoms with E-state index in [1.54, 1.807) is 24.3 Å². The Bertz CT molecular complexity index is 761. The van der Waals surface area contributed by atoms with E-state index in [2.05, 4.69) is 15.9 Å². The van der Waals surface area contributed by atoms with Crippen molar-refractivity contribution in [3.05, 3.63) is 58.3 Å². The van der Waals surface area contributed by atoms with Crippen LogP contribution in [0.25, 0.3) is 0 Å². The zero-order valence-corrected chi connectivity index (χ0v) is 16.3. The van der Waals surface area contributed by atoms with Crippen LogP contribution in [0.1, 0.15) is 30.6 Å². The molecule has 26 heavy (non-hydrogen) atoms. The van der Waals surface area contributed by atoms with E-state index in [9.17, 15) is 9.59 Å². The van der Waals surface area contributed by atoms with Gasteiger partial charge in [-0.05, 0) is 38.1 Å². The third-order valence-corrected chi connectivity index (χ3v) is 5.01. The van der Waals surface area contributed by atoms with Gasteiger partial charge in [-0.15, -0.1) is 0 Å². The van der Waals surface area contributed by atoms with Crippen LogP contribution in [0.4, 0.5) is 0 Å². The van der Waals surface area contributed by atoms with Gasteiger partial charge in [-0.1, -0.05) is 34.1 Å². The molecular weight excluding hydrogens is 400 g/mol. The smallest absolute Gasteiger partial charge is 0.343 e. The minimum Gasteiger partial charge on any atom is -0.419 e. The zero-order valence-electron chi connectivity index (χ0n) is 14.7. The monoisotopic (exact) mass is 420 g/mol. The summed E-state index contributed by atoms with van der Waals surface area (Å²) in [6, 6.07) is 6.86. The van der Waals surface area contributed by atoms with Crippen molar-refractivity contribution in [1.29, 1.82) is 0 Å². The van der Waals surface area contributed by atoms with Crippen LogP contribution in [0.2, 0.25) is 0 Å². The lowest BCUT2D eigenvalue weighted by molar-refractivity contribution is -0.255. The summed E-state index contributed by atoms with van der Waals surface area (Å²) in [7, 11) is 0. The lowest BCUT2D eigenvalue weighted by atomic mass is 9.84. The summed E-state index contributed by atoms with van der Waals surface area (Å²) in [5.41, 5.74) is 0.374. The molecule has 138 valence electrons. The lowest BCUT2D eigenvalue weighted by Crippen LogP contribution is -2.45. The Hall–Kier alpha value is -1.76. The molecule has 5 nitrogen and oxygen atoms in total. The number of carbonyl (C=O) groups excluding carboxylic acids is 2. The first-order valence-corrected chi connectivity index (χ1v) is 9.48. The van der Waals surface area contributed by atoms with E-state index in [4.69, 9.17) is 14.2 Å². The number of ketones is 1. The number of hydrogen-bond acceptors (Lipinski definition) is 5. The fourth-order valence-corrected chi connectivity index (χ4v) is 3.80. The molecule has 0 aromatic heterocycles. The molecule has 0 N–H and O–H groups in total. The number of carbonyl (C=O) groups is 2. The Morgan fingerprint density at radius 3 is 2.62 bits per heavy atom. The highest BCUT2D eigenvalue weighted by Crippen LogP contribution is 2.42. The SMILES string of the molecule is CCOC1(OCC)CC2C=CC1C=C(OC(=O)c1cccc(Br)c1)C2=O. The molecule has 3 aliphatic rings. The predicted molar refractivity (Wildman–Crippen MR) is 99.4 cm³/mol. The average molecular weight is 421 g/mol. The van der Waals surface area contributed by atoms with E-state index in [1.807, 2.05) is 32.1 Å². The minimum atomic E-state index is -0.900.